The van der Waals surface area contributed by atoms with Crippen LogP contribution in [0.15, 0.2) is 28.9 Å². The van der Waals surface area contributed by atoms with Crippen molar-refractivity contribution in [2.24, 2.45) is 11.7 Å². The van der Waals surface area contributed by atoms with Crippen LogP contribution in [-0.2, 0) is 12.7 Å². The molecule has 1 amide bonds. The number of nitrogens with zero attached hydrogens (tertiary/aromatic N) is 1. The molecular weight excluding hydrogens is 354 g/mol. The fourth-order valence-electron chi connectivity index (χ4n) is 2.23. The molecule has 0 fully saturated rings. The summed E-state index contributed by atoms with van der Waals surface area (Å²) in [5.74, 6) is -1.39. The molecule has 142 valence electrons. The Labute approximate surface area is 147 Å². The van der Waals surface area contributed by atoms with Crippen LogP contribution >= 0.6 is 0 Å². The van der Waals surface area contributed by atoms with Crippen molar-refractivity contribution in [3.8, 4) is 0 Å². The first-order valence-corrected chi connectivity index (χ1v) is 7.97. The van der Waals surface area contributed by atoms with Gasteiger partial charge in [0.1, 0.15) is 12.1 Å². The zero-order valence-electron chi connectivity index (χ0n) is 14.2. The van der Waals surface area contributed by atoms with Gasteiger partial charge in [0.2, 0.25) is 5.89 Å². The average molecular weight is 373 g/mol. The Morgan fingerprint density at radius 1 is 1.35 bits per heavy atom. The van der Waals surface area contributed by atoms with Crippen molar-refractivity contribution in [1.82, 2.24) is 10.3 Å². The highest BCUT2D eigenvalue weighted by Crippen LogP contribution is 2.30. The van der Waals surface area contributed by atoms with Crippen LogP contribution in [-0.4, -0.2) is 10.9 Å². The molecule has 26 heavy (non-hydrogen) atoms. The lowest BCUT2D eigenvalue weighted by molar-refractivity contribution is -0.137. The summed E-state index contributed by atoms with van der Waals surface area (Å²) in [4.78, 5) is 16.1. The van der Waals surface area contributed by atoms with E-state index in [4.69, 9.17) is 10.2 Å². The van der Waals surface area contributed by atoms with E-state index in [-0.39, 0.29) is 29.6 Å². The van der Waals surface area contributed by atoms with E-state index >= 15 is 0 Å². The zero-order chi connectivity index (χ0) is 19.5. The maximum atomic E-state index is 13.4. The molecule has 0 aliphatic carbocycles. The molecule has 9 heteroatoms. The molecule has 1 aromatic carbocycles. The highest BCUT2D eigenvalue weighted by Gasteiger charge is 2.31. The van der Waals surface area contributed by atoms with Gasteiger partial charge in [-0.05, 0) is 29.7 Å². The van der Waals surface area contributed by atoms with E-state index < -0.39 is 29.5 Å². The molecule has 0 aliphatic rings. The summed E-state index contributed by atoms with van der Waals surface area (Å²) in [6.45, 7) is 3.57. The molecule has 0 saturated heterocycles. The Bertz CT molecular complexity index is 774. The molecular formula is C17H19F4N3O2. The third-order valence-corrected chi connectivity index (χ3v) is 4.03. The number of rotatable bonds is 6. The van der Waals surface area contributed by atoms with E-state index in [1.54, 1.807) is 0 Å². The zero-order valence-corrected chi connectivity index (χ0v) is 14.2. The van der Waals surface area contributed by atoms with Gasteiger partial charge in [0.25, 0.3) is 5.91 Å². The molecule has 2 rings (SSSR count). The Kier molecular flexibility index (Phi) is 6.01. The van der Waals surface area contributed by atoms with Crippen LogP contribution in [0.4, 0.5) is 17.6 Å². The number of aromatic nitrogens is 1. The van der Waals surface area contributed by atoms with Gasteiger partial charge in [-0.25, -0.2) is 9.37 Å². The number of nitrogens with one attached hydrogen (secondary N) is 1. The molecule has 0 bridgehead atoms. The standard InChI is InChI=1S/C17H19F4N3O2/c1-3-9(2)14(22)16-24-13(8-26-16)15(25)23-7-10-4-11(17(19,20)21)6-12(18)5-10/h4-6,8-9,14H,3,7,22H2,1-2H3,(H,23,25). The summed E-state index contributed by atoms with van der Waals surface area (Å²) in [6.07, 6.45) is -2.75. The number of carbonyl (C=O) groups is 1. The van der Waals surface area contributed by atoms with E-state index in [1.807, 2.05) is 13.8 Å². The number of hydrogen-bond donors (Lipinski definition) is 2. The Balaban J connectivity index is 2.06. The highest BCUT2D eigenvalue weighted by atomic mass is 19.4. The van der Waals surface area contributed by atoms with Gasteiger partial charge >= 0.3 is 6.18 Å². The van der Waals surface area contributed by atoms with Crippen molar-refractivity contribution in [3.63, 3.8) is 0 Å². The van der Waals surface area contributed by atoms with Crippen molar-refractivity contribution in [1.29, 1.82) is 0 Å². The molecule has 0 radical (unpaired) electrons. The number of hydrogen-bond acceptors (Lipinski definition) is 4. The molecule has 0 saturated carbocycles. The van der Waals surface area contributed by atoms with Gasteiger partial charge in [0.15, 0.2) is 5.69 Å². The van der Waals surface area contributed by atoms with E-state index in [0.29, 0.717) is 6.07 Å². The Morgan fingerprint density at radius 2 is 2.04 bits per heavy atom. The maximum Gasteiger partial charge on any atom is 0.416 e. The van der Waals surface area contributed by atoms with Crippen molar-refractivity contribution in [2.75, 3.05) is 0 Å². The molecule has 2 unspecified atom stereocenters. The second-order valence-corrected chi connectivity index (χ2v) is 6.01. The second kappa shape index (κ2) is 7.86. The predicted molar refractivity (Wildman–Crippen MR) is 85.5 cm³/mol. The molecule has 0 aliphatic heterocycles. The minimum atomic E-state index is -4.67. The van der Waals surface area contributed by atoms with Crippen LogP contribution in [0, 0.1) is 11.7 Å². The Morgan fingerprint density at radius 3 is 2.65 bits per heavy atom. The average Bonchev–Trinajstić information content (AvgIpc) is 3.07. The number of carbonyl (C=O) groups excluding carboxylic acids is 1. The molecule has 1 aromatic heterocycles. The molecule has 2 aromatic rings. The lowest BCUT2D eigenvalue weighted by atomic mass is 10.0. The van der Waals surface area contributed by atoms with Crippen LogP contribution < -0.4 is 11.1 Å². The minimum absolute atomic E-state index is 0.0225. The van der Waals surface area contributed by atoms with Gasteiger partial charge in [0, 0.05) is 6.54 Å². The van der Waals surface area contributed by atoms with Crippen LogP contribution in [0.2, 0.25) is 0 Å². The number of alkyl halides is 3. The lowest BCUT2D eigenvalue weighted by Gasteiger charge is -2.13. The summed E-state index contributed by atoms with van der Waals surface area (Å²) in [6, 6.07) is 1.61. The number of benzene rings is 1. The SMILES string of the molecule is CCC(C)C(N)c1nc(C(=O)NCc2cc(F)cc(C(F)(F)F)c2)co1. The predicted octanol–water partition coefficient (Wildman–Crippen LogP) is 3.81. The summed E-state index contributed by atoms with van der Waals surface area (Å²) in [7, 11) is 0. The number of oxazole rings is 1. The van der Waals surface area contributed by atoms with Gasteiger partial charge < -0.3 is 15.5 Å². The first-order chi connectivity index (χ1) is 12.1. The van der Waals surface area contributed by atoms with Crippen molar-refractivity contribution >= 4 is 5.91 Å². The van der Waals surface area contributed by atoms with E-state index in [2.05, 4.69) is 10.3 Å². The van der Waals surface area contributed by atoms with E-state index in [1.165, 1.54) is 0 Å². The number of amides is 1. The molecule has 0 spiro atoms. The van der Waals surface area contributed by atoms with Gasteiger partial charge in [0.05, 0.1) is 11.6 Å². The number of nitrogens with two attached hydrogens (primary N) is 1. The highest BCUT2D eigenvalue weighted by molar-refractivity contribution is 5.91. The molecule has 5 nitrogen and oxygen atoms in total. The summed E-state index contributed by atoms with van der Waals surface area (Å²) >= 11 is 0. The van der Waals surface area contributed by atoms with Crippen LogP contribution in [0.5, 0.6) is 0 Å². The lowest BCUT2D eigenvalue weighted by Crippen LogP contribution is -2.24. The van der Waals surface area contributed by atoms with Gasteiger partial charge in [-0.15, -0.1) is 0 Å². The largest absolute Gasteiger partial charge is 0.446 e. The molecule has 3 N–H and O–H groups in total. The summed E-state index contributed by atoms with van der Waals surface area (Å²) in [5, 5.41) is 2.38. The van der Waals surface area contributed by atoms with Crippen molar-refractivity contribution in [3.05, 3.63) is 53.0 Å². The fourth-order valence-corrected chi connectivity index (χ4v) is 2.23. The van der Waals surface area contributed by atoms with E-state index in [0.717, 1.165) is 24.8 Å². The third-order valence-electron chi connectivity index (χ3n) is 4.03. The first-order valence-electron chi connectivity index (χ1n) is 7.97. The molecule has 1 heterocycles. The first kappa shape index (κ1) is 19.9. The van der Waals surface area contributed by atoms with E-state index in [9.17, 15) is 22.4 Å². The number of halogens is 4. The summed E-state index contributed by atoms with van der Waals surface area (Å²) in [5.41, 5.74) is 4.77. The molecule has 2 atom stereocenters. The maximum absolute atomic E-state index is 13.4. The normalized spacial score (nSPS) is 14.1. The van der Waals surface area contributed by atoms with Gasteiger partial charge in [-0.2, -0.15) is 13.2 Å². The van der Waals surface area contributed by atoms with Crippen molar-refractivity contribution in [2.45, 2.75) is 39.0 Å². The van der Waals surface area contributed by atoms with Gasteiger partial charge in [-0.1, -0.05) is 20.3 Å². The van der Waals surface area contributed by atoms with Crippen LogP contribution in [0.1, 0.15) is 53.8 Å². The smallest absolute Gasteiger partial charge is 0.416 e. The third kappa shape index (κ3) is 4.81. The monoisotopic (exact) mass is 373 g/mol. The van der Waals surface area contributed by atoms with Gasteiger partial charge in [-0.3, -0.25) is 4.79 Å². The second-order valence-electron chi connectivity index (χ2n) is 6.01. The Hall–Kier alpha value is -2.42. The van der Waals surface area contributed by atoms with Crippen LogP contribution in [0.25, 0.3) is 0 Å². The minimum Gasteiger partial charge on any atom is -0.446 e. The van der Waals surface area contributed by atoms with Crippen molar-refractivity contribution < 1.29 is 26.8 Å². The topological polar surface area (TPSA) is 81.1 Å². The quantitative estimate of drug-likeness (QED) is 0.755. The van der Waals surface area contributed by atoms with Crippen LogP contribution in [0.3, 0.4) is 0 Å². The fraction of sp³-hybridized carbons (Fsp3) is 0.412. The summed E-state index contributed by atoms with van der Waals surface area (Å²) < 4.78 is 56.6.